The number of rotatable bonds is 6. The van der Waals surface area contributed by atoms with E-state index in [1.165, 1.54) is 6.42 Å². The van der Waals surface area contributed by atoms with Crippen molar-refractivity contribution in [1.29, 1.82) is 0 Å². The molecule has 0 amide bonds. The van der Waals surface area contributed by atoms with Gasteiger partial charge in [-0.15, -0.1) is 0 Å². The minimum absolute atomic E-state index is 0.135. The van der Waals surface area contributed by atoms with Crippen LogP contribution in [0.5, 0.6) is 0 Å². The molecule has 13 heavy (non-hydrogen) atoms. The van der Waals surface area contributed by atoms with E-state index < -0.39 is 0 Å². The standard InChI is InChI=1S/C9H17N3O/c1-2-3-5-10-9-4-6-12(11-9)7-8-13/h4,6,13H,2-3,5,7-8H2,1H3,(H,10,11). The summed E-state index contributed by atoms with van der Waals surface area (Å²) < 4.78 is 1.73. The lowest BCUT2D eigenvalue weighted by molar-refractivity contribution is 0.269. The molecule has 1 rings (SSSR count). The van der Waals surface area contributed by atoms with Crippen LogP contribution in [0.4, 0.5) is 5.82 Å². The molecule has 4 nitrogen and oxygen atoms in total. The zero-order valence-corrected chi connectivity index (χ0v) is 8.03. The van der Waals surface area contributed by atoms with Crippen molar-refractivity contribution in [1.82, 2.24) is 9.78 Å². The lowest BCUT2D eigenvalue weighted by atomic mass is 10.3. The second-order valence-corrected chi connectivity index (χ2v) is 2.97. The number of hydrogen-bond acceptors (Lipinski definition) is 3. The third-order valence-corrected chi connectivity index (χ3v) is 1.81. The number of aliphatic hydroxyl groups excluding tert-OH is 1. The predicted molar refractivity (Wildman–Crippen MR) is 52.7 cm³/mol. The molecule has 0 fully saturated rings. The highest BCUT2D eigenvalue weighted by Gasteiger charge is 1.95. The van der Waals surface area contributed by atoms with Crippen molar-refractivity contribution in [2.24, 2.45) is 0 Å². The van der Waals surface area contributed by atoms with E-state index >= 15 is 0 Å². The van der Waals surface area contributed by atoms with Crippen molar-refractivity contribution < 1.29 is 5.11 Å². The van der Waals surface area contributed by atoms with Crippen LogP contribution < -0.4 is 5.32 Å². The quantitative estimate of drug-likeness (QED) is 0.649. The highest BCUT2D eigenvalue weighted by molar-refractivity contribution is 5.31. The van der Waals surface area contributed by atoms with E-state index in [0.717, 1.165) is 18.8 Å². The molecular weight excluding hydrogens is 166 g/mol. The van der Waals surface area contributed by atoms with Gasteiger partial charge in [-0.2, -0.15) is 5.10 Å². The molecule has 0 radical (unpaired) electrons. The first-order valence-corrected chi connectivity index (χ1v) is 4.75. The molecule has 0 aromatic carbocycles. The molecule has 0 saturated carbocycles. The van der Waals surface area contributed by atoms with Crippen LogP contribution in [0.1, 0.15) is 19.8 Å². The normalized spacial score (nSPS) is 10.3. The van der Waals surface area contributed by atoms with Crippen LogP contribution in [0.2, 0.25) is 0 Å². The minimum Gasteiger partial charge on any atom is -0.394 e. The van der Waals surface area contributed by atoms with Crippen molar-refractivity contribution >= 4 is 5.82 Å². The van der Waals surface area contributed by atoms with E-state index in [9.17, 15) is 0 Å². The molecule has 1 heterocycles. The van der Waals surface area contributed by atoms with E-state index in [-0.39, 0.29) is 6.61 Å². The Morgan fingerprint density at radius 2 is 2.46 bits per heavy atom. The Morgan fingerprint density at radius 1 is 1.62 bits per heavy atom. The van der Waals surface area contributed by atoms with Crippen LogP contribution in [-0.2, 0) is 6.54 Å². The van der Waals surface area contributed by atoms with Gasteiger partial charge in [0.25, 0.3) is 0 Å². The Bertz CT molecular complexity index is 235. The van der Waals surface area contributed by atoms with Gasteiger partial charge in [-0.25, -0.2) is 0 Å². The molecule has 0 saturated heterocycles. The Morgan fingerprint density at radius 3 is 3.15 bits per heavy atom. The van der Waals surface area contributed by atoms with Gasteiger partial charge in [0.05, 0.1) is 13.2 Å². The van der Waals surface area contributed by atoms with Gasteiger partial charge in [-0.05, 0) is 6.42 Å². The first kappa shape index (κ1) is 10.1. The van der Waals surface area contributed by atoms with E-state index in [2.05, 4.69) is 17.3 Å². The Kier molecular flexibility index (Phi) is 4.32. The molecule has 2 N–H and O–H groups in total. The number of nitrogens with one attached hydrogen (secondary N) is 1. The van der Waals surface area contributed by atoms with Gasteiger partial charge >= 0.3 is 0 Å². The van der Waals surface area contributed by atoms with Crippen LogP contribution >= 0.6 is 0 Å². The average Bonchev–Trinajstić information content (AvgIpc) is 2.54. The molecule has 0 bridgehead atoms. The Hall–Kier alpha value is -1.03. The lowest BCUT2D eigenvalue weighted by Crippen LogP contribution is -2.05. The number of anilines is 1. The largest absolute Gasteiger partial charge is 0.394 e. The molecule has 0 aliphatic rings. The molecule has 0 atom stereocenters. The predicted octanol–water partition coefficient (Wildman–Crippen LogP) is 1.09. The summed E-state index contributed by atoms with van der Waals surface area (Å²) in [5.41, 5.74) is 0. The van der Waals surface area contributed by atoms with E-state index in [0.29, 0.717) is 6.54 Å². The van der Waals surface area contributed by atoms with Gasteiger partial charge < -0.3 is 10.4 Å². The van der Waals surface area contributed by atoms with E-state index in [1.807, 2.05) is 12.3 Å². The van der Waals surface area contributed by atoms with Crippen LogP contribution in [0.3, 0.4) is 0 Å². The topological polar surface area (TPSA) is 50.1 Å². The second kappa shape index (κ2) is 5.59. The Labute approximate surface area is 78.6 Å². The summed E-state index contributed by atoms with van der Waals surface area (Å²) in [4.78, 5) is 0. The molecule has 0 unspecified atom stereocenters. The van der Waals surface area contributed by atoms with Crippen molar-refractivity contribution in [3.63, 3.8) is 0 Å². The number of unbranched alkanes of at least 4 members (excludes halogenated alkanes) is 1. The maximum atomic E-state index is 8.66. The zero-order valence-electron chi connectivity index (χ0n) is 8.03. The molecular formula is C9H17N3O. The molecule has 4 heteroatoms. The monoisotopic (exact) mass is 183 g/mol. The van der Waals surface area contributed by atoms with Crippen molar-refractivity contribution in [3.05, 3.63) is 12.3 Å². The fraction of sp³-hybridized carbons (Fsp3) is 0.667. The summed E-state index contributed by atoms with van der Waals surface area (Å²) in [6.45, 7) is 3.82. The third-order valence-electron chi connectivity index (χ3n) is 1.81. The van der Waals surface area contributed by atoms with Gasteiger partial charge in [0.15, 0.2) is 0 Å². The highest BCUT2D eigenvalue weighted by atomic mass is 16.3. The van der Waals surface area contributed by atoms with E-state index in [1.54, 1.807) is 4.68 Å². The van der Waals surface area contributed by atoms with Crippen LogP contribution in [0, 0.1) is 0 Å². The molecule has 1 aromatic heterocycles. The summed E-state index contributed by atoms with van der Waals surface area (Å²) in [5, 5.41) is 16.1. The van der Waals surface area contributed by atoms with Crippen molar-refractivity contribution in [2.75, 3.05) is 18.5 Å². The van der Waals surface area contributed by atoms with Gasteiger partial charge in [0.2, 0.25) is 0 Å². The number of aliphatic hydroxyl groups is 1. The fourth-order valence-corrected chi connectivity index (χ4v) is 1.08. The zero-order chi connectivity index (χ0) is 9.52. The maximum Gasteiger partial charge on any atom is 0.147 e. The fourth-order valence-electron chi connectivity index (χ4n) is 1.08. The smallest absolute Gasteiger partial charge is 0.147 e. The number of aromatic nitrogens is 2. The first-order chi connectivity index (χ1) is 6.36. The van der Waals surface area contributed by atoms with Gasteiger partial charge in [-0.3, -0.25) is 4.68 Å². The maximum absolute atomic E-state index is 8.66. The van der Waals surface area contributed by atoms with Gasteiger partial charge in [0.1, 0.15) is 5.82 Å². The molecule has 0 aliphatic carbocycles. The number of hydrogen-bond donors (Lipinski definition) is 2. The van der Waals surface area contributed by atoms with Crippen molar-refractivity contribution in [2.45, 2.75) is 26.3 Å². The molecule has 1 aromatic rings. The van der Waals surface area contributed by atoms with Crippen LogP contribution in [0.15, 0.2) is 12.3 Å². The van der Waals surface area contributed by atoms with E-state index in [4.69, 9.17) is 5.11 Å². The Balaban J connectivity index is 2.31. The summed E-state index contributed by atoms with van der Waals surface area (Å²) in [6.07, 6.45) is 4.21. The first-order valence-electron chi connectivity index (χ1n) is 4.75. The van der Waals surface area contributed by atoms with Gasteiger partial charge in [0, 0.05) is 18.8 Å². The second-order valence-electron chi connectivity index (χ2n) is 2.97. The summed E-state index contributed by atoms with van der Waals surface area (Å²) >= 11 is 0. The summed E-state index contributed by atoms with van der Waals surface area (Å²) in [7, 11) is 0. The average molecular weight is 183 g/mol. The highest BCUT2D eigenvalue weighted by Crippen LogP contribution is 2.02. The van der Waals surface area contributed by atoms with Crippen LogP contribution in [-0.4, -0.2) is 28.0 Å². The SMILES string of the molecule is CCCCNc1ccn(CCO)n1. The molecule has 0 aliphatic heterocycles. The van der Waals surface area contributed by atoms with Gasteiger partial charge in [-0.1, -0.05) is 13.3 Å². The summed E-state index contributed by atoms with van der Waals surface area (Å²) in [5.74, 6) is 0.891. The third kappa shape index (κ3) is 3.46. The van der Waals surface area contributed by atoms with Crippen molar-refractivity contribution in [3.8, 4) is 0 Å². The number of nitrogens with zero attached hydrogens (tertiary/aromatic N) is 2. The minimum atomic E-state index is 0.135. The lowest BCUT2D eigenvalue weighted by Gasteiger charge is -2.00. The summed E-state index contributed by atoms with van der Waals surface area (Å²) in [6, 6.07) is 1.92. The molecule has 0 spiro atoms. The molecule has 74 valence electrons. The van der Waals surface area contributed by atoms with Crippen LogP contribution in [0.25, 0.3) is 0 Å².